The number of carbonyl (C=O) groups excluding carboxylic acids is 1. The van der Waals surface area contributed by atoms with Gasteiger partial charge in [-0.1, -0.05) is 18.7 Å². The third kappa shape index (κ3) is 5.04. The Kier molecular flexibility index (Phi) is 5.42. The number of allylic oxidation sites excluding steroid dienone is 6. The van der Waals surface area contributed by atoms with Crippen LogP contribution in [-0.4, -0.2) is 50.0 Å². The third-order valence-corrected chi connectivity index (χ3v) is 2.86. The van der Waals surface area contributed by atoms with Crippen molar-refractivity contribution in [3.8, 4) is 0 Å². The van der Waals surface area contributed by atoms with E-state index in [0.717, 1.165) is 17.0 Å². The number of amides is 1. The minimum absolute atomic E-state index is 0.0518. The molecule has 0 atom stereocenters. The van der Waals surface area contributed by atoms with E-state index in [1.165, 1.54) is 4.90 Å². The maximum Gasteiger partial charge on any atom is 0.259 e. The Balaban J connectivity index is 2.75. The normalized spacial score (nSPS) is 23.2. The maximum atomic E-state index is 11.5. The molecule has 4 heteroatoms. The van der Waals surface area contributed by atoms with Crippen molar-refractivity contribution in [2.45, 2.75) is 6.92 Å². The standard InChI is InChI=1S/C15H22N2O2/c1-12-7-6-8-14(10-17(5)13(2)9-12)19-11-15(18)16(3)4/h6-9H,1,10-11H2,2-5H3/b7-6-,13-9-,14-8+. The molecule has 0 aliphatic carbocycles. The lowest BCUT2D eigenvalue weighted by Crippen LogP contribution is -2.27. The molecule has 1 aliphatic rings. The summed E-state index contributed by atoms with van der Waals surface area (Å²) in [6.07, 6.45) is 7.69. The molecule has 1 rings (SSSR count). The van der Waals surface area contributed by atoms with Crippen molar-refractivity contribution in [2.24, 2.45) is 0 Å². The van der Waals surface area contributed by atoms with Crippen LogP contribution in [0.25, 0.3) is 0 Å². The molecular weight excluding hydrogens is 240 g/mol. The summed E-state index contributed by atoms with van der Waals surface area (Å²) >= 11 is 0. The van der Waals surface area contributed by atoms with Gasteiger partial charge in [-0.25, -0.2) is 0 Å². The van der Waals surface area contributed by atoms with Crippen molar-refractivity contribution >= 4 is 5.91 Å². The molecule has 0 aromatic carbocycles. The lowest BCUT2D eigenvalue weighted by atomic mass is 10.2. The molecule has 1 amide bonds. The van der Waals surface area contributed by atoms with Gasteiger partial charge < -0.3 is 14.5 Å². The van der Waals surface area contributed by atoms with E-state index >= 15 is 0 Å². The molecule has 19 heavy (non-hydrogen) atoms. The summed E-state index contributed by atoms with van der Waals surface area (Å²) in [5.41, 5.74) is 2.04. The molecule has 0 spiro atoms. The summed E-state index contributed by atoms with van der Waals surface area (Å²) in [5.74, 6) is 0.709. The highest BCUT2D eigenvalue weighted by molar-refractivity contribution is 5.76. The molecule has 0 aromatic rings. The lowest BCUT2D eigenvalue weighted by molar-refractivity contribution is -0.132. The minimum atomic E-state index is -0.0518. The topological polar surface area (TPSA) is 32.8 Å². The quantitative estimate of drug-likeness (QED) is 0.779. The highest BCUT2D eigenvalue weighted by Gasteiger charge is 2.09. The molecule has 0 saturated heterocycles. The largest absolute Gasteiger partial charge is 0.486 e. The molecule has 0 bridgehead atoms. The van der Waals surface area contributed by atoms with Crippen LogP contribution in [0, 0.1) is 0 Å². The first-order valence-electron chi connectivity index (χ1n) is 6.18. The number of ether oxygens (including phenoxy) is 1. The van der Waals surface area contributed by atoms with Gasteiger partial charge in [0, 0.05) is 26.8 Å². The van der Waals surface area contributed by atoms with Crippen LogP contribution in [0.2, 0.25) is 0 Å². The Morgan fingerprint density at radius 2 is 2.21 bits per heavy atom. The second kappa shape index (κ2) is 6.83. The number of hydrogen-bond donors (Lipinski definition) is 0. The van der Waals surface area contributed by atoms with Crippen molar-refractivity contribution in [2.75, 3.05) is 34.3 Å². The molecule has 0 aromatic heterocycles. The second-order valence-corrected chi connectivity index (χ2v) is 4.79. The Bertz CT molecular complexity index is 445. The van der Waals surface area contributed by atoms with Crippen LogP contribution in [0.1, 0.15) is 6.92 Å². The van der Waals surface area contributed by atoms with E-state index in [0.29, 0.717) is 6.54 Å². The first-order chi connectivity index (χ1) is 8.90. The summed E-state index contributed by atoms with van der Waals surface area (Å²) in [6, 6.07) is 0. The predicted molar refractivity (Wildman–Crippen MR) is 77.4 cm³/mol. The van der Waals surface area contributed by atoms with Crippen LogP contribution in [0.15, 0.2) is 47.9 Å². The van der Waals surface area contributed by atoms with Gasteiger partial charge >= 0.3 is 0 Å². The van der Waals surface area contributed by atoms with Crippen molar-refractivity contribution in [3.63, 3.8) is 0 Å². The van der Waals surface area contributed by atoms with E-state index in [1.54, 1.807) is 14.1 Å². The van der Waals surface area contributed by atoms with E-state index in [2.05, 4.69) is 11.5 Å². The molecule has 1 heterocycles. The van der Waals surface area contributed by atoms with E-state index in [9.17, 15) is 4.79 Å². The zero-order valence-corrected chi connectivity index (χ0v) is 12.1. The number of likely N-dealkylation sites (N-methyl/N-ethyl adjacent to an activating group) is 2. The number of nitrogens with zero attached hydrogens (tertiary/aromatic N) is 2. The minimum Gasteiger partial charge on any atom is -0.486 e. The van der Waals surface area contributed by atoms with Gasteiger partial charge in [0.1, 0.15) is 5.76 Å². The van der Waals surface area contributed by atoms with E-state index in [1.807, 2.05) is 38.3 Å². The first kappa shape index (κ1) is 15.1. The van der Waals surface area contributed by atoms with Crippen molar-refractivity contribution in [1.82, 2.24) is 9.80 Å². The van der Waals surface area contributed by atoms with Crippen molar-refractivity contribution < 1.29 is 9.53 Å². The number of carbonyl (C=O) groups is 1. The van der Waals surface area contributed by atoms with Crippen LogP contribution in [0.4, 0.5) is 0 Å². The zero-order chi connectivity index (χ0) is 14.4. The van der Waals surface area contributed by atoms with Crippen LogP contribution in [0.3, 0.4) is 0 Å². The fraction of sp³-hybridized carbons (Fsp3) is 0.400. The van der Waals surface area contributed by atoms with Crippen LogP contribution < -0.4 is 0 Å². The van der Waals surface area contributed by atoms with E-state index in [4.69, 9.17) is 4.74 Å². The van der Waals surface area contributed by atoms with Crippen LogP contribution >= 0.6 is 0 Å². The Hall–Kier alpha value is -1.97. The molecule has 0 saturated carbocycles. The molecule has 0 radical (unpaired) electrons. The Labute approximate surface area is 115 Å². The van der Waals surface area contributed by atoms with E-state index < -0.39 is 0 Å². The summed E-state index contributed by atoms with van der Waals surface area (Å²) in [7, 11) is 5.41. The van der Waals surface area contributed by atoms with Gasteiger partial charge in [0.05, 0.1) is 6.54 Å². The van der Waals surface area contributed by atoms with Gasteiger partial charge in [-0.3, -0.25) is 4.79 Å². The van der Waals surface area contributed by atoms with Gasteiger partial charge in [0.2, 0.25) is 0 Å². The summed E-state index contributed by atoms with van der Waals surface area (Å²) < 4.78 is 5.57. The zero-order valence-electron chi connectivity index (χ0n) is 12.1. The van der Waals surface area contributed by atoms with Gasteiger partial charge in [-0.2, -0.15) is 0 Å². The van der Waals surface area contributed by atoms with Crippen LogP contribution in [0.5, 0.6) is 0 Å². The van der Waals surface area contributed by atoms with Gasteiger partial charge in [0.15, 0.2) is 6.61 Å². The first-order valence-corrected chi connectivity index (χ1v) is 6.18. The molecule has 0 fully saturated rings. The Morgan fingerprint density at radius 1 is 1.53 bits per heavy atom. The van der Waals surface area contributed by atoms with Crippen molar-refractivity contribution in [1.29, 1.82) is 0 Å². The highest BCUT2D eigenvalue weighted by atomic mass is 16.5. The third-order valence-electron chi connectivity index (χ3n) is 2.86. The fourth-order valence-corrected chi connectivity index (χ4v) is 1.49. The molecule has 0 N–H and O–H groups in total. The van der Waals surface area contributed by atoms with Crippen molar-refractivity contribution in [3.05, 3.63) is 47.9 Å². The monoisotopic (exact) mass is 262 g/mol. The lowest BCUT2D eigenvalue weighted by Gasteiger charge is -2.22. The summed E-state index contributed by atoms with van der Waals surface area (Å²) in [6.45, 7) is 6.65. The molecule has 4 nitrogen and oxygen atoms in total. The highest BCUT2D eigenvalue weighted by Crippen LogP contribution is 2.12. The van der Waals surface area contributed by atoms with Gasteiger partial charge in [-0.05, 0) is 24.6 Å². The summed E-state index contributed by atoms with van der Waals surface area (Å²) in [5, 5.41) is 0. The maximum absolute atomic E-state index is 11.5. The predicted octanol–water partition coefficient (Wildman–Crippen LogP) is 1.94. The molecule has 1 aliphatic heterocycles. The number of rotatable bonds is 3. The molecular formula is C15H22N2O2. The molecule has 0 unspecified atom stereocenters. The fourth-order valence-electron chi connectivity index (χ4n) is 1.49. The molecule has 104 valence electrons. The van der Waals surface area contributed by atoms with Gasteiger partial charge in [0.25, 0.3) is 5.91 Å². The second-order valence-electron chi connectivity index (χ2n) is 4.79. The average molecular weight is 262 g/mol. The van der Waals surface area contributed by atoms with E-state index in [-0.39, 0.29) is 12.5 Å². The smallest absolute Gasteiger partial charge is 0.259 e. The van der Waals surface area contributed by atoms with Gasteiger partial charge in [-0.15, -0.1) is 0 Å². The summed E-state index contributed by atoms with van der Waals surface area (Å²) in [4.78, 5) is 15.1. The number of hydrogen-bond acceptors (Lipinski definition) is 3. The Morgan fingerprint density at radius 3 is 2.84 bits per heavy atom. The van der Waals surface area contributed by atoms with Crippen LogP contribution in [-0.2, 0) is 9.53 Å². The SMILES string of the molecule is C=C1/C=C\C=C(\OCC(=O)N(C)C)CN(C)/C(C)=C\1. The average Bonchev–Trinajstić information content (AvgIpc) is 2.38.